The number of carbonyl (C=O) groups is 1. The van der Waals surface area contributed by atoms with Gasteiger partial charge in [-0.25, -0.2) is 0 Å². The highest BCUT2D eigenvalue weighted by atomic mass is 19.4. The van der Waals surface area contributed by atoms with Crippen LogP contribution in [0.5, 0.6) is 0 Å². The molecule has 0 radical (unpaired) electrons. The van der Waals surface area contributed by atoms with Crippen LogP contribution >= 0.6 is 0 Å². The van der Waals surface area contributed by atoms with E-state index in [1.165, 1.54) is 6.20 Å². The minimum absolute atomic E-state index is 0.189. The number of aryl methyl sites for hydroxylation is 1. The lowest BCUT2D eigenvalue weighted by Gasteiger charge is -2.12. The quantitative estimate of drug-likeness (QED) is 0.884. The molecule has 0 saturated carbocycles. The Balaban J connectivity index is 2.92. The maximum atomic E-state index is 12.1. The highest BCUT2D eigenvalue weighted by molar-refractivity contribution is 5.81. The van der Waals surface area contributed by atoms with Crippen molar-refractivity contribution >= 4 is 12.0 Å². The lowest BCUT2D eigenvalue weighted by Crippen LogP contribution is -2.36. The molecule has 0 fully saturated rings. The Morgan fingerprint density at radius 1 is 1.37 bits per heavy atom. The highest BCUT2D eigenvalue weighted by Gasteiger charge is 2.38. The van der Waals surface area contributed by atoms with E-state index in [0.29, 0.717) is 5.56 Å². The minimum atomic E-state index is -4.87. The number of carbonyl (C=O) groups excluding carboxylic acids is 1. The van der Waals surface area contributed by atoms with Gasteiger partial charge in [-0.15, -0.1) is 0 Å². The highest BCUT2D eigenvalue weighted by Crippen LogP contribution is 2.19. The summed E-state index contributed by atoms with van der Waals surface area (Å²) in [6.07, 6.45) is -1.20. The molecule has 0 heterocycles. The predicted molar refractivity (Wildman–Crippen MR) is 66.9 cm³/mol. The maximum Gasteiger partial charge on any atom is 0.471 e. The van der Waals surface area contributed by atoms with E-state index in [9.17, 15) is 18.0 Å². The van der Waals surface area contributed by atoms with Crippen molar-refractivity contribution in [1.82, 2.24) is 5.32 Å². The Morgan fingerprint density at radius 3 is 2.53 bits per heavy atom. The SMILES string of the molecule is CCc1cccc(CNC(=O)C(F)(F)F)c1/C=C\N. The summed E-state index contributed by atoms with van der Waals surface area (Å²) in [6, 6.07) is 5.26. The van der Waals surface area contributed by atoms with Crippen LogP contribution in [-0.2, 0) is 17.8 Å². The molecule has 19 heavy (non-hydrogen) atoms. The molecule has 0 bridgehead atoms. The van der Waals surface area contributed by atoms with Gasteiger partial charge in [-0.1, -0.05) is 25.1 Å². The second-order valence-electron chi connectivity index (χ2n) is 3.88. The monoisotopic (exact) mass is 272 g/mol. The van der Waals surface area contributed by atoms with Crippen molar-refractivity contribution in [2.75, 3.05) is 0 Å². The first-order chi connectivity index (χ1) is 8.90. The van der Waals surface area contributed by atoms with Crippen molar-refractivity contribution < 1.29 is 18.0 Å². The Bertz CT molecular complexity index is 481. The second-order valence-corrected chi connectivity index (χ2v) is 3.88. The average molecular weight is 272 g/mol. The van der Waals surface area contributed by atoms with Crippen molar-refractivity contribution in [2.45, 2.75) is 26.1 Å². The van der Waals surface area contributed by atoms with Crippen molar-refractivity contribution in [3.63, 3.8) is 0 Å². The fourth-order valence-corrected chi connectivity index (χ4v) is 1.71. The first-order valence-corrected chi connectivity index (χ1v) is 5.74. The lowest BCUT2D eigenvalue weighted by atomic mass is 9.99. The predicted octanol–water partition coefficient (Wildman–Crippen LogP) is 2.36. The molecule has 104 valence electrons. The number of benzene rings is 1. The average Bonchev–Trinajstić information content (AvgIpc) is 2.36. The summed E-state index contributed by atoms with van der Waals surface area (Å²) in [7, 11) is 0. The van der Waals surface area contributed by atoms with Gasteiger partial charge in [0.05, 0.1) is 0 Å². The van der Waals surface area contributed by atoms with Crippen LogP contribution in [-0.4, -0.2) is 12.1 Å². The third kappa shape index (κ3) is 4.01. The van der Waals surface area contributed by atoms with Gasteiger partial charge in [-0.3, -0.25) is 4.79 Å². The number of halogens is 3. The summed E-state index contributed by atoms with van der Waals surface area (Å²) in [5.74, 6) is -1.95. The minimum Gasteiger partial charge on any atom is -0.405 e. The molecule has 0 spiro atoms. The molecule has 0 unspecified atom stereocenters. The zero-order valence-electron chi connectivity index (χ0n) is 10.4. The van der Waals surface area contributed by atoms with Gasteiger partial charge in [0, 0.05) is 6.54 Å². The third-order valence-electron chi connectivity index (χ3n) is 2.63. The van der Waals surface area contributed by atoms with Crippen LogP contribution in [0.15, 0.2) is 24.4 Å². The van der Waals surface area contributed by atoms with Gasteiger partial charge in [0.1, 0.15) is 0 Å². The summed E-state index contributed by atoms with van der Waals surface area (Å²) >= 11 is 0. The fourth-order valence-electron chi connectivity index (χ4n) is 1.71. The molecule has 0 aliphatic rings. The first kappa shape index (κ1) is 15.1. The molecule has 0 saturated heterocycles. The van der Waals surface area contributed by atoms with E-state index in [1.54, 1.807) is 18.2 Å². The first-order valence-electron chi connectivity index (χ1n) is 5.74. The van der Waals surface area contributed by atoms with Crippen molar-refractivity contribution in [2.24, 2.45) is 5.73 Å². The van der Waals surface area contributed by atoms with Gasteiger partial charge in [0.2, 0.25) is 0 Å². The molecule has 0 aliphatic heterocycles. The number of hydrogen-bond donors (Lipinski definition) is 2. The smallest absolute Gasteiger partial charge is 0.405 e. The fraction of sp³-hybridized carbons (Fsp3) is 0.308. The van der Waals surface area contributed by atoms with Gasteiger partial charge < -0.3 is 11.1 Å². The Kier molecular flexibility index (Phi) is 4.97. The standard InChI is InChI=1S/C13H15F3N2O/c1-2-9-4-3-5-10(11(9)6-7-17)8-18-12(19)13(14,15)16/h3-7H,2,8,17H2,1H3,(H,18,19)/b7-6-. The van der Waals surface area contributed by atoms with Crippen LogP contribution in [0, 0.1) is 0 Å². The molecule has 0 aliphatic carbocycles. The number of hydrogen-bond acceptors (Lipinski definition) is 2. The van der Waals surface area contributed by atoms with Crippen LogP contribution in [0.2, 0.25) is 0 Å². The van der Waals surface area contributed by atoms with Crippen LogP contribution in [0.4, 0.5) is 13.2 Å². The molecular weight excluding hydrogens is 257 g/mol. The van der Waals surface area contributed by atoms with Gasteiger partial charge in [0.15, 0.2) is 0 Å². The van der Waals surface area contributed by atoms with Crippen LogP contribution in [0.25, 0.3) is 6.08 Å². The van der Waals surface area contributed by atoms with Crippen molar-refractivity contribution in [3.05, 3.63) is 41.1 Å². The van der Waals surface area contributed by atoms with Gasteiger partial charge in [0.25, 0.3) is 0 Å². The molecule has 1 aromatic rings. The molecule has 3 nitrogen and oxygen atoms in total. The summed E-state index contributed by atoms with van der Waals surface area (Å²) in [5, 5.41) is 1.85. The third-order valence-corrected chi connectivity index (χ3v) is 2.63. The van der Waals surface area contributed by atoms with Gasteiger partial charge >= 0.3 is 12.1 Å². The van der Waals surface area contributed by atoms with Gasteiger partial charge in [-0.2, -0.15) is 13.2 Å². The molecular formula is C13H15F3N2O. The second kappa shape index (κ2) is 6.26. The summed E-state index contributed by atoms with van der Waals surface area (Å²) in [6.45, 7) is 1.74. The number of nitrogens with one attached hydrogen (secondary N) is 1. The largest absolute Gasteiger partial charge is 0.471 e. The van der Waals surface area contributed by atoms with Crippen LogP contribution in [0.3, 0.4) is 0 Å². The Hall–Kier alpha value is -1.98. The van der Waals surface area contributed by atoms with E-state index in [2.05, 4.69) is 0 Å². The van der Waals surface area contributed by atoms with Crippen LogP contribution in [0.1, 0.15) is 23.6 Å². The molecule has 3 N–H and O–H groups in total. The molecule has 0 atom stereocenters. The Morgan fingerprint density at radius 2 is 2.00 bits per heavy atom. The molecule has 1 rings (SSSR count). The molecule has 1 amide bonds. The number of rotatable bonds is 4. The van der Waals surface area contributed by atoms with E-state index in [-0.39, 0.29) is 6.54 Å². The topological polar surface area (TPSA) is 55.1 Å². The zero-order chi connectivity index (χ0) is 14.5. The zero-order valence-corrected chi connectivity index (χ0v) is 10.4. The van der Waals surface area contributed by atoms with Crippen molar-refractivity contribution in [1.29, 1.82) is 0 Å². The molecule has 1 aromatic carbocycles. The van der Waals surface area contributed by atoms with Crippen molar-refractivity contribution in [3.8, 4) is 0 Å². The number of amides is 1. The normalized spacial score (nSPS) is 11.8. The Labute approximate surface area is 109 Å². The summed E-state index contributed by atoms with van der Waals surface area (Å²) < 4.78 is 36.3. The van der Waals surface area contributed by atoms with Crippen LogP contribution < -0.4 is 11.1 Å². The number of alkyl halides is 3. The van der Waals surface area contributed by atoms with E-state index in [0.717, 1.165) is 17.5 Å². The van der Waals surface area contributed by atoms with E-state index in [4.69, 9.17) is 5.73 Å². The molecule has 0 aromatic heterocycles. The van der Waals surface area contributed by atoms with E-state index < -0.39 is 12.1 Å². The van der Waals surface area contributed by atoms with E-state index in [1.807, 2.05) is 18.3 Å². The number of nitrogens with two attached hydrogens (primary N) is 1. The van der Waals surface area contributed by atoms with E-state index >= 15 is 0 Å². The maximum absolute atomic E-state index is 12.1. The summed E-state index contributed by atoms with van der Waals surface area (Å²) in [4.78, 5) is 10.8. The molecule has 6 heteroatoms. The lowest BCUT2D eigenvalue weighted by molar-refractivity contribution is -0.173. The van der Waals surface area contributed by atoms with Gasteiger partial charge in [-0.05, 0) is 35.4 Å². The summed E-state index contributed by atoms with van der Waals surface area (Å²) in [5.41, 5.74) is 7.63.